The highest BCUT2D eigenvalue weighted by Gasteiger charge is 2.42. The Labute approximate surface area is 159 Å². The normalized spacial score (nSPS) is 24.5. The average molecular weight is 438 g/mol. The lowest BCUT2D eigenvalue weighted by atomic mass is 9.87. The summed E-state index contributed by atoms with van der Waals surface area (Å²) in [5.74, 6) is 1.08. The van der Waals surface area contributed by atoms with Crippen molar-refractivity contribution in [2.75, 3.05) is 59.5 Å². The molecule has 0 aromatic rings. The van der Waals surface area contributed by atoms with Crippen LogP contribution in [0.1, 0.15) is 39.5 Å². The quantitative estimate of drug-likeness (QED) is 0.287. The lowest BCUT2D eigenvalue weighted by molar-refractivity contribution is 0.156. The van der Waals surface area contributed by atoms with Crippen LogP contribution in [0.2, 0.25) is 0 Å². The van der Waals surface area contributed by atoms with Gasteiger partial charge in [0, 0.05) is 38.7 Å². The molecule has 1 N–H and O–H groups in total. The molecule has 23 heavy (non-hydrogen) atoms. The van der Waals surface area contributed by atoms with Gasteiger partial charge in [-0.05, 0) is 45.3 Å². The van der Waals surface area contributed by atoms with Gasteiger partial charge in [-0.15, -0.1) is 24.0 Å². The highest BCUT2D eigenvalue weighted by Crippen LogP contribution is 2.38. The molecule has 1 spiro atoms. The van der Waals surface area contributed by atoms with E-state index in [0.29, 0.717) is 5.41 Å². The van der Waals surface area contributed by atoms with Gasteiger partial charge in [0.25, 0.3) is 0 Å². The van der Waals surface area contributed by atoms with E-state index >= 15 is 0 Å². The molecule has 0 aromatic carbocycles. The molecule has 2 rings (SSSR count). The van der Waals surface area contributed by atoms with Crippen molar-refractivity contribution >= 4 is 29.9 Å². The first-order valence-electron chi connectivity index (χ1n) is 8.98. The second kappa shape index (κ2) is 10.7. The summed E-state index contributed by atoms with van der Waals surface area (Å²) in [7, 11) is 1.90. The van der Waals surface area contributed by atoms with Gasteiger partial charge in [0.2, 0.25) is 0 Å². The average Bonchev–Trinajstić information content (AvgIpc) is 3.17. The van der Waals surface area contributed by atoms with Crippen LogP contribution >= 0.6 is 24.0 Å². The number of unbranched alkanes of at least 4 members (excludes halogenated alkanes) is 1. The zero-order valence-electron chi connectivity index (χ0n) is 15.1. The minimum atomic E-state index is 0. The van der Waals surface area contributed by atoms with E-state index in [4.69, 9.17) is 4.74 Å². The smallest absolute Gasteiger partial charge is 0.193 e. The van der Waals surface area contributed by atoms with Crippen molar-refractivity contribution in [1.29, 1.82) is 0 Å². The summed E-state index contributed by atoms with van der Waals surface area (Å²) in [5.41, 5.74) is 0.403. The van der Waals surface area contributed by atoms with Crippen molar-refractivity contribution in [1.82, 2.24) is 15.1 Å². The molecule has 0 aromatic heterocycles. The van der Waals surface area contributed by atoms with Crippen LogP contribution in [0, 0.1) is 5.41 Å². The molecule has 2 aliphatic rings. The van der Waals surface area contributed by atoms with Crippen molar-refractivity contribution in [3.05, 3.63) is 0 Å². The van der Waals surface area contributed by atoms with E-state index in [9.17, 15) is 0 Å². The fraction of sp³-hybridized carbons (Fsp3) is 0.941. The monoisotopic (exact) mass is 438 g/mol. The predicted octanol–water partition coefficient (Wildman–Crippen LogP) is 2.41. The minimum absolute atomic E-state index is 0. The molecule has 2 heterocycles. The van der Waals surface area contributed by atoms with Gasteiger partial charge in [-0.25, -0.2) is 0 Å². The number of ether oxygens (including phenoxy) is 1. The Balaban J connectivity index is 0.00000264. The highest BCUT2D eigenvalue weighted by molar-refractivity contribution is 14.0. The lowest BCUT2D eigenvalue weighted by Crippen LogP contribution is -2.41. The van der Waals surface area contributed by atoms with E-state index in [1.165, 1.54) is 32.2 Å². The first-order valence-corrected chi connectivity index (χ1v) is 8.98. The Morgan fingerprint density at radius 3 is 2.65 bits per heavy atom. The molecule has 0 bridgehead atoms. The van der Waals surface area contributed by atoms with Gasteiger partial charge in [-0.3, -0.25) is 4.99 Å². The molecule has 2 fully saturated rings. The van der Waals surface area contributed by atoms with Crippen LogP contribution in [-0.4, -0.2) is 75.3 Å². The molecule has 0 aliphatic carbocycles. The van der Waals surface area contributed by atoms with E-state index in [0.717, 1.165) is 51.9 Å². The molecule has 0 saturated carbocycles. The molecule has 6 heteroatoms. The van der Waals surface area contributed by atoms with Crippen molar-refractivity contribution < 1.29 is 4.74 Å². The number of aliphatic imine (C=N–C) groups is 1. The van der Waals surface area contributed by atoms with Gasteiger partial charge < -0.3 is 19.9 Å². The van der Waals surface area contributed by atoms with Crippen LogP contribution in [-0.2, 0) is 4.74 Å². The van der Waals surface area contributed by atoms with E-state index in [1.54, 1.807) is 0 Å². The number of halogens is 1. The summed E-state index contributed by atoms with van der Waals surface area (Å²) >= 11 is 0. The number of nitrogens with zero attached hydrogens (tertiary/aromatic N) is 3. The van der Waals surface area contributed by atoms with E-state index < -0.39 is 0 Å². The predicted molar refractivity (Wildman–Crippen MR) is 108 cm³/mol. The Kier molecular flexibility index (Phi) is 9.77. The maximum atomic E-state index is 5.61. The molecular weight excluding hydrogens is 403 g/mol. The molecule has 0 radical (unpaired) electrons. The van der Waals surface area contributed by atoms with Gasteiger partial charge in [-0.2, -0.15) is 0 Å². The number of nitrogens with one attached hydrogen (secondary N) is 1. The number of hydrogen-bond acceptors (Lipinski definition) is 3. The van der Waals surface area contributed by atoms with E-state index in [-0.39, 0.29) is 24.0 Å². The summed E-state index contributed by atoms with van der Waals surface area (Å²) in [4.78, 5) is 9.37. The lowest BCUT2D eigenvalue weighted by Gasteiger charge is -2.25. The Bertz CT molecular complexity index is 355. The summed E-state index contributed by atoms with van der Waals surface area (Å²) in [6.45, 7) is 13.1. The third-order valence-electron chi connectivity index (χ3n) is 5.21. The zero-order valence-corrected chi connectivity index (χ0v) is 17.5. The zero-order chi connectivity index (χ0) is 15.8. The van der Waals surface area contributed by atoms with E-state index in [2.05, 4.69) is 34.0 Å². The highest BCUT2D eigenvalue weighted by atomic mass is 127. The molecular formula is C17H35IN4O. The third kappa shape index (κ3) is 6.05. The first kappa shape index (κ1) is 21.0. The first-order chi connectivity index (χ1) is 10.7. The largest absolute Gasteiger partial charge is 0.381 e. The molecule has 1 unspecified atom stereocenters. The van der Waals surface area contributed by atoms with Crippen LogP contribution in [0.5, 0.6) is 0 Å². The summed E-state index contributed by atoms with van der Waals surface area (Å²) in [5, 5.41) is 3.54. The number of rotatable bonds is 7. The number of guanidine groups is 1. The fourth-order valence-corrected chi connectivity index (χ4v) is 3.62. The van der Waals surface area contributed by atoms with Gasteiger partial charge in [0.05, 0.1) is 6.61 Å². The van der Waals surface area contributed by atoms with Crippen molar-refractivity contribution in [3.63, 3.8) is 0 Å². The van der Waals surface area contributed by atoms with Gasteiger partial charge >= 0.3 is 0 Å². The fourth-order valence-electron chi connectivity index (χ4n) is 3.62. The Hall–Kier alpha value is -0.0800. The number of likely N-dealkylation sites (tertiary alicyclic amines) is 1. The van der Waals surface area contributed by atoms with Crippen molar-refractivity contribution in [2.45, 2.75) is 39.5 Å². The second-order valence-corrected chi connectivity index (χ2v) is 6.68. The maximum Gasteiger partial charge on any atom is 0.193 e. The van der Waals surface area contributed by atoms with Gasteiger partial charge in [0.1, 0.15) is 0 Å². The van der Waals surface area contributed by atoms with Gasteiger partial charge in [-0.1, -0.05) is 13.8 Å². The minimum Gasteiger partial charge on any atom is -0.381 e. The van der Waals surface area contributed by atoms with Crippen LogP contribution < -0.4 is 5.32 Å². The van der Waals surface area contributed by atoms with Crippen molar-refractivity contribution in [2.24, 2.45) is 10.4 Å². The standard InChI is InChI=1S/C17H34N4O.HI/c1-4-20(5-2)11-7-6-10-19-16(18-3)21-12-8-17(14-21)9-13-22-15-17;/h4-15H2,1-3H3,(H,18,19);1H. The van der Waals surface area contributed by atoms with Crippen LogP contribution in [0.15, 0.2) is 4.99 Å². The molecule has 5 nitrogen and oxygen atoms in total. The Morgan fingerprint density at radius 1 is 1.26 bits per heavy atom. The van der Waals surface area contributed by atoms with Crippen LogP contribution in [0.3, 0.4) is 0 Å². The maximum absolute atomic E-state index is 5.61. The molecule has 136 valence electrons. The summed E-state index contributed by atoms with van der Waals surface area (Å²) in [6.07, 6.45) is 4.92. The van der Waals surface area contributed by atoms with Crippen LogP contribution in [0.25, 0.3) is 0 Å². The summed E-state index contributed by atoms with van der Waals surface area (Å²) in [6, 6.07) is 0. The topological polar surface area (TPSA) is 40.1 Å². The SMILES string of the molecule is CCN(CC)CCCCNC(=NC)N1CCC2(CCOC2)C1.I. The van der Waals surface area contributed by atoms with E-state index in [1.807, 2.05) is 7.05 Å². The summed E-state index contributed by atoms with van der Waals surface area (Å²) < 4.78 is 5.61. The number of hydrogen-bond donors (Lipinski definition) is 1. The molecule has 2 aliphatic heterocycles. The molecule has 0 amide bonds. The van der Waals surface area contributed by atoms with Gasteiger partial charge in [0.15, 0.2) is 5.96 Å². The Morgan fingerprint density at radius 2 is 2.04 bits per heavy atom. The molecule has 1 atom stereocenters. The third-order valence-corrected chi connectivity index (χ3v) is 5.21. The van der Waals surface area contributed by atoms with Crippen molar-refractivity contribution in [3.8, 4) is 0 Å². The molecule has 2 saturated heterocycles. The second-order valence-electron chi connectivity index (χ2n) is 6.68. The van der Waals surface area contributed by atoms with Crippen LogP contribution in [0.4, 0.5) is 0 Å².